The smallest absolute Gasteiger partial charge is 0.314 e. The summed E-state index contributed by atoms with van der Waals surface area (Å²) < 4.78 is 5.12. The quantitative estimate of drug-likeness (QED) is 0.853. The van der Waals surface area contributed by atoms with Gasteiger partial charge in [-0.25, -0.2) is 0 Å². The molecular weight excluding hydrogens is 280 g/mol. The van der Waals surface area contributed by atoms with Crippen LogP contribution in [0.25, 0.3) is 0 Å². The second-order valence-electron chi connectivity index (χ2n) is 4.66. The Morgan fingerprint density at radius 2 is 1.59 bits per heavy atom. The van der Waals surface area contributed by atoms with Crippen molar-refractivity contribution >= 4 is 23.2 Å². The van der Waals surface area contributed by atoms with Gasteiger partial charge in [0.25, 0.3) is 0 Å². The molecule has 2 amide bonds. The third-order valence-corrected chi connectivity index (χ3v) is 3.18. The fourth-order valence-electron chi connectivity index (χ4n) is 1.94. The Bertz CT molecular complexity index is 666. The van der Waals surface area contributed by atoms with E-state index in [4.69, 9.17) is 4.74 Å². The van der Waals surface area contributed by atoms with E-state index in [1.807, 2.05) is 19.1 Å². The number of aryl methyl sites for hydroxylation is 1. The molecule has 0 heterocycles. The lowest BCUT2D eigenvalue weighted by molar-refractivity contribution is -0.133. The van der Waals surface area contributed by atoms with E-state index in [1.165, 1.54) is 7.11 Å². The maximum atomic E-state index is 11.9. The molecule has 0 radical (unpaired) electrons. The zero-order valence-electron chi connectivity index (χ0n) is 12.6. The molecule has 0 aromatic heterocycles. The van der Waals surface area contributed by atoms with E-state index in [2.05, 4.69) is 10.6 Å². The minimum absolute atomic E-state index is 0.450. The molecule has 2 aromatic carbocycles. The molecule has 2 aromatic rings. The summed E-state index contributed by atoms with van der Waals surface area (Å²) in [5.41, 5.74) is 2.19. The molecule has 0 atom stereocenters. The first-order valence-electron chi connectivity index (χ1n) is 6.98. The van der Waals surface area contributed by atoms with Gasteiger partial charge in [0, 0.05) is 5.69 Å². The molecule has 0 unspecified atom stereocenters. The van der Waals surface area contributed by atoms with Crippen LogP contribution in [0.1, 0.15) is 12.5 Å². The maximum absolute atomic E-state index is 11.9. The third-order valence-electron chi connectivity index (χ3n) is 3.18. The topological polar surface area (TPSA) is 67.4 Å². The van der Waals surface area contributed by atoms with E-state index < -0.39 is 11.8 Å². The summed E-state index contributed by atoms with van der Waals surface area (Å²) in [5, 5.41) is 5.09. The van der Waals surface area contributed by atoms with Crippen LogP contribution in [0.4, 0.5) is 11.4 Å². The second kappa shape index (κ2) is 7.26. The highest BCUT2D eigenvalue weighted by molar-refractivity contribution is 6.43. The fourth-order valence-corrected chi connectivity index (χ4v) is 1.94. The number of nitrogens with one attached hydrogen (secondary N) is 2. The van der Waals surface area contributed by atoms with Gasteiger partial charge in [-0.15, -0.1) is 0 Å². The molecule has 5 nitrogen and oxygen atoms in total. The summed E-state index contributed by atoms with van der Waals surface area (Å²) in [6, 6.07) is 14.3. The molecule has 5 heteroatoms. The van der Waals surface area contributed by atoms with Crippen LogP contribution >= 0.6 is 0 Å². The predicted molar refractivity (Wildman–Crippen MR) is 86.1 cm³/mol. The Morgan fingerprint density at radius 3 is 2.23 bits per heavy atom. The van der Waals surface area contributed by atoms with Crippen LogP contribution < -0.4 is 15.4 Å². The predicted octanol–water partition coefficient (Wildman–Crippen LogP) is 2.83. The number of methoxy groups -OCH3 is 1. The van der Waals surface area contributed by atoms with Gasteiger partial charge in [0.15, 0.2) is 0 Å². The van der Waals surface area contributed by atoms with Crippen molar-refractivity contribution in [2.75, 3.05) is 17.7 Å². The van der Waals surface area contributed by atoms with Gasteiger partial charge >= 0.3 is 11.8 Å². The van der Waals surface area contributed by atoms with Crippen LogP contribution in [0.5, 0.6) is 5.75 Å². The van der Waals surface area contributed by atoms with E-state index in [-0.39, 0.29) is 0 Å². The molecule has 2 rings (SSSR count). The van der Waals surface area contributed by atoms with Crippen molar-refractivity contribution in [2.24, 2.45) is 0 Å². The summed E-state index contributed by atoms with van der Waals surface area (Å²) in [6.07, 6.45) is 0.919. The Balaban J connectivity index is 2.01. The first kappa shape index (κ1) is 15.6. The van der Waals surface area contributed by atoms with Crippen LogP contribution in [0.2, 0.25) is 0 Å². The van der Waals surface area contributed by atoms with Crippen LogP contribution in [-0.2, 0) is 16.0 Å². The zero-order chi connectivity index (χ0) is 15.9. The zero-order valence-corrected chi connectivity index (χ0v) is 12.6. The monoisotopic (exact) mass is 298 g/mol. The molecule has 0 aliphatic carbocycles. The lowest BCUT2D eigenvalue weighted by Crippen LogP contribution is -2.29. The molecule has 0 saturated carbocycles. The van der Waals surface area contributed by atoms with Crippen molar-refractivity contribution in [3.8, 4) is 5.75 Å². The number of amides is 2. The standard InChI is InChI=1S/C17H18N2O3/c1-3-12-8-10-13(11-9-12)18-16(20)17(21)19-14-6-4-5-7-15(14)22-2/h4-11H,3H2,1-2H3,(H,18,20)(H,19,21). The summed E-state index contributed by atoms with van der Waals surface area (Å²) in [7, 11) is 1.50. The molecule has 2 N–H and O–H groups in total. The number of benzene rings is 2. The minimum Gasteiger partial charge on any atom is -0.495 e. The van der Waals surface area contributed by atoms with Crippen molar-refractivity contribution in [2.45, 2.75) is 13.3 Å². The van der Waals surface area contributed by atoms with Gasteiger partial charge in [-0.05, 0) is 36.2 Å². The average molecular weight is 298 g/mol. The molecule has 114 valence electrons. The van der Waals surface area contributed by atoms with E-state index in [1.54, 1.807) is 36.4 Å². The first-order chi connectivity index (χ1) is 10.6. The van der Waals surface area contributed by atoms with E-state index in [0.717, 1.165) is 12.0 Å². The van der Waals surface area contributed by atoms with E-state index in [0.29, 0.717) is 17.1 Å². The van der Waals surface area contributed by atoms with Crippen molar-refractivity contribution in [1.82, 2.24) is 0 Å². The molecule has 0 aliphatic rings. The summed E-state index contributed by atoms with van der Waals surface area (Å²) in [6.45, 7) is 2.05. The number of rotatable bonds is 4. The summed E-state index contributed by atoms with van der Waals surface area (Å²) >= 11 is 0. The van der Waals surface area contributed by atoms with Crippen molar-refractivity contribution in [3.05, 3.63) is 54.1 Å². The number of anilines is 2. The number of para-hydroxylation sites is 2. The van der Waals surface area contributed by atoms with Gasteiger partial charge in [-0.3, -0.25) is 9.59 Å². The molecular formula is C17H18N2O3. The fraction of sp³-hybridized carbons (Fsp3) is 0.176. The van der Waals surface area contributed by atoms with E-state index in [9.17, 15) is 9.59 Å². The SMILES string of the molecule is CCc1ccc(NC(=O)C(=O)Nc2ccccc2OC)cc1. The Hall–Kier alpha value is -2.82. The normalized spacial score (nSPS) is 9.91. The number of ether oxygens (including phenoxy) is 1. The maximum Gasteiger partial charge on any atom is 0.314 e. The highest BCUT2D eigenvalue weighted by atomic mass is 16.5. The van der Waals surface area contributed by atoms with Gasteiger partial charge in [0.1, 0.15) is 5.75 Å². The molecule has 22 heavy (non-hydrogen) atoms. The number of carbonyl (C=O) groups is 2. The Morgan fingerprint density at radius 1 is 0.955 bits per heavy atom. The van der Waals surface area contributed by atoms with Gasteiger partial charge in [-0.2, -0.15) is 0 Å². The Labute approximate surface area is 129 Å². The third kappa shape index (κ3) is 3.85. The van der Waals surface area contributed by atoms with Gasteiger partial charge in [0.2, 0.25) is 0 Å². The van der Waals surface area contributed by atoms with Crippen LogP contribution in [0.15, 0.2) is 48.5 Å². The molecule has 0 saturated heterocycles. The van der Waals surface area contributed by atoms with Gasteiger partial charge in [-0.1, -0.05) is 31.2 Å². The average Bonchev–Trinajstić information content (AvgIpc) is 2.56. The molecule has 0 spiro atoms. The van der Waals surface area contributed by atoms with Crippen LogP contribution in [0, 0.1) is 0 Å². The summed E-state index contributed by atoms with van der Waals surface area (Å²) in [5.74, 6) is -0.977. The number of hydrogen-bond acceptors (Lipinski definition) is 3. The van der Waals surface area contributed by atoms with Crippen LogP contribution in [-0.4, -0.2) is 18.9 Å². The Kier molecular flexibility index (Phi) is 5.14. The lowest BCUT2D eigenvalue weighted by atomic mass is 10.1. The highest BCUT2D eigenvalue weighted by Crippen LogP contribution is 2.22. The minimum atomic E-state index is -0.746. The van der Waals surface area contributed by atoms with Crippen LogP contribution in [0.3, 0.4) is 0 Å². The molecule has 0 fully saturated rings. The second-order valence-corrected chi connectivity index (χ2v) is 4.66. The largest absolute Gasteiger partial charge is 0.495 e. The van der Waals surface area contributed by atoms with E-state index >= 15 is 0 Å². The number of carbonyl (C=O) groups excluding carboxylic acids is 2. The summed E-state index contributed by atoms with van der Waals surface area (Å²) in [4.78, 5) is 23.8. The number of hydrogen-bond donors (Lipinski definition) is 2. The van der Waals surface area contributed by atoms with Gasteiger partial charge in [0.05, 0.1) is 12.8 Å². The van der Waals surface area contributed by atoms with Crippen molar-refractivity contribution < 1.29 is 14.3 Å². The first-order valence-corrected chi connectivity index (χ1v) is 6.98. The molecule has 0 bridgehead atoms. The highest BCUT2D eigenvalue weighted by Gasteiger charge is 2.15. The van der Waals surface area contributed by atoms with Crippen molar-refractivity contribution in [3.63, 3.8) is 0 Å². The molecule has 0 aliphatic heterocycles. The lowest BCUT2D eigenvalue weighted by Gasteiger charge is -2.10. The van der Waals surface area contributed by atoms with Crippen molar-refractivity contribution in [1.29, 1.82) is 0 Å². The van der Waals surface area contributed by atoms with Gasteiger partial charge < -0.3 is 15.4 Å².